The fourth-order valence-electron chi connectivity index (χ4n) is 16.8. The largest absolute Gasteiger partial charge is 0.480 e. The Kier molecular flexibility index (Phi) is 46.7. The third-order valence-electron chi connectivity index (χ3n) is 23.9. The summed E-state index contributed by atoms with van der Waals surface area (Å²) in [6, 6.07) is 32.1. The predicted octanol–water partition coefficient (Wildman–Crippen LogP) is 15.3. The molecule has 1 unspecified atom stereocenters. The summed E-state index contributed by atoms with van der Waals surface area (Å²) >= 11 is 29.0. The van der Waals surface area contributed by atoms with Crippen molar-refractivity contribution in [3.05, 3.63) is 139 Å². The number of piperazine rings is 4. The number of hydrogen-bond donors (Lipinski definition) is 6. The topological polar surface area (TPSA) is 260 Å². The number of Topliss-reactive ketones (excluding diaryl/α,β-unsaturated/α-hetero) is 1. The molecule has 4 amide bonds. The van der Waals surface area contributed by atoms with E-state index in [-0.39, 0.29) is 52.5 Å². The molecule has 4 aliphatic heterocycles. The number of alkyl halides is 3. The fraction of sp³-hybridized carbons (Fsp3) is 0.644. The molecule has 0 aromatic heterocycles. The van der Waals surface area contributed by atoms with Crippen molar-refractivity contribution < 1.29 is 51.8 Å². The Morgan fingerprint density at radius 3 is 1.34 bits per heavy atom. The molecule has 0 bridgehead atoms. The molecule has 12 rings (SSSR count). The first-order chi connectivity index (χ1) is 57.1. The van der Waals surface area contributed by atoms with Crippen LogP contribution in [0.1, 0.15) is 210 Å². The zero-order valence-electron chi connectivity index (χ0n) is 70.8. The average Bonchev–Trinajstić information content (AvgIpc) is 0.807. The number of amides is 4. The Morgan fingerprint density at radius 1 is 0.546 bits per heavy atom. The molecule has 0 radical (unpaired) electrons. The van der Waals surface area contributed by atoms with Gasteiger partial charge in [0.2, 0.25) is 23.0 Å². The number of carbonyl (C=O) groups is 7. The first-order valence-electron chi connectivity index (χ1n) is 43.5. The van der Waals surface area contributed by atoms with Crippen molar-refractivity contribution in [3.8, 4) is 6.07 Å². The minimum atomic E-state index is -4.82. The summed E-state index contributed by atoms with van der Waals surface area (Å²) in [6.45, 7) is 27.1. The van der Waals surface area contributed by atoms with E-state index in [1.807, 2.05) is 43.0 Å². The normalized spacial score (nSPS) is 19.6. The summed E-state index contributed by atoms with van der Waals surface area (Å²) in [5.41, 5.74) is 9.90. The van der Waals surface area contributed by atoms with Gasteiger partial charge in [0.1, 0.15) is 23.4 Å². The molecule has 662 valence electrons. The smallest absolute Gasteiger partial charge is 0.471 e. The molecule has 4 aromatic rings. The predicted molar refractivity (Wildman–Crippen MR) is 472 cm³/mol. The molecular formula is C90H133Cl5F3N13O8. The van der Waals surface area contributed by atoms with Crippen LogP contribution in [0.3, 0.4) is 0 Å². The van der Waals surface area contributed by atoms with Gasteiger partial charge in [-0.15, -0.1) is 0 Å². The Labute approximate surface area is 731 Å². The number of carboxylic acids is 1. The van der Waals surface area contributed by atoms with Gasteiger partial charge in [-0.1, -0.05) is 211 Å². The molecule has 2 atom stereocenters. The van der Waals surface area contributed by atoms with Gasteiger partial charge in [-0.3, -0.25) is 53.3 Å². The Morgan fingerprint density at radius 2 is 0.958 bits per heavy atom. The van der Waals surface area contributed by atoms with Crippen molar-refractivity contribution in [2.24, 2.45) is 5.73 Å². The maximum atomic E-state index is 13.5. The maximum absolute atomic E-state index is 13.5. The molecule has 21 nitrogen and oxygen atoms in total. The molecule has 8 fully saturated rings. The number of halogens is 8. The van der Waals surface area contributed by atoms with E-state index in [0.717, 1.165) is 174 Å². The van der Waals surface area contributed by atoms with Crippen LogP contribution in [0.15, 0.2) is 97.1 Å². The summed E-state index contributed by atoms with van der Waals surface area (Å²) < 4.78 is 37.8. The van der Waals surface area contributed by atoms with E-state index in [1.165, 1.54) is 88.8 Å². The van der Waals surface area contributed by atoms with E-state index in [4.69, 9.17) is 68.8 Å². The van der Waals surface area contributed by atoms with Gasteiger partial charge in [0.05, 0.1) is 6.07 Å². The van der Waals surface area contributed by atoms with Gasteiger partial charge >= 0.3 is 18.1 Å². The lowest BCUT2D eigenvalue weighted by atomic mass is 9.79. The number of nitrogens with two attached hydrogens (primary N) is 1. The SMILES string of the molecule is CCC(=O)Cl.CCCC(=O)NC(Cc1ccc(Cl)cc1Cl)C(=O)N1CCN(C2(CN)CCCCC2)CC1.CCCC(=O)N[C@H](Cc1ccc(Cl)cc1Cl)C(=O)O.CCN1CCNCC1.N#CC1(N2CCN(Cc3ccccc3)CC2)CCCCC1.O=C(NCC1(N2CCN(Cc3ccccc3)CC2)CCCCC1)C(F)(F)F.O=C1CCCCC1. The summed E-state index contributed by atoms with van der Waals surface area (Å²) in [5.74, 6) is -2.89. The second-order valence-electron chi connectivity index (χ2n) is 32.4. The third-order valence-corrected chi connectivity index (χ3v) is 25.3. The number of aliphatic carboxylic acids is 1. The number of ketones is 1. The van der Waals surface area contributed by atoms with Gasteiger partial charge < -0.3 is 41.9 Å². The Bertz CT molecular complexity index is 3700. The van der Waals surface area contributed by atoms with Gasteiger partial charge in [0, 0.05) is 207 Å². The lowest BCUT2D eigenvalue weighted by Crippen LogP contribution is -2.63. The number of hydrogen-bond acceptors (Lipinski definition) is 16. The lowest BCUT2D eigenvalue weighted by molar-refractivity contribution is -0.174. The monoisotopic (exact) mass is 1760 g/mol. The number of nitriles is 1. The summed E-state index contributed by atoms with van der Waals surface area (Å²) in [7, 11) is 0. The number of likely N-dealkylation sites (N-methyl/N-ethyl adjacent to an activating group) is 1. The third kappa shape index (κ3) is 36.0. The highest BCUT2D eigenvalue weighted by Crippen LogP contribution is 2.38. The first kappa shape index (κ1) is 102. The number of benzene rings is 4. The molecule has 0 spiro atoms. The molecule has 4 saturated heterocycles. The van der Waals surface area contributed by atoms with E-state index >= 15 is 0 Å². The van der Waals surface area contributed by atoms with Crippen LogP contribution in [-0.4, -0.2) is 239 Å². The van der Waals surface area contributed by atoms with Crippen LogP contribution in [0.25, 0.3) is 0 Å². The zero-order chi connectivity index (χ0) is 86.6. The molecule has 29 heteroatoms. The minimum Gasteiger partial charge on any atom is -0.480 e. The minimum absolute atomic E-state index is 0.0504. The van der Waals surface area contributed by atoms with Crippen molar-refractivity contribution >= 4 is 98.6 Å². The molecule has 119 heavy (non-hydrogen) atoms. The highest BCUT2D eigenvalue weighted by atomic mass is 35.5. The molecule has 8 aliphatic rings. The highest BCUT2D eigenvalue weighted by Gasteiger charge is 2.45. The van der Waals surface area contributed by atoms with Crippen LogP contribution in [0.5, 0.6) is 0 Å². The number of rotatable bonds is 24. The standard InChI is InChI=1S/C24H36Cl2N4O2.C20H28F3N3O.C18H25N3.C13H15Cl2NO3.C6H14N2.C6H10O.C3H5ClO/c1-2-6-22(31)28-21(15-18-7-8-19(25)16-20(18)26)23(32)29-11-13-30(14-12-29)24(17-27)9-4-3-5-10-24;21-20(22,23)18(27)24-16-19(9-5-2-6-10-19)26-13-11-25(12-14-26)15-17-7-3-1-4-8-17;19-16-18(9-5-2-6-10-18)21-13-11-20(12-14-21)15-17-7-3-1-4-8-17;1-2-3-12(17)16-11(13(18)19)6-8-4-5-9(14)7-10(8)15;1-2-8-5-3-7-4-6-8;7-6-4-2-1-3-5-6;1-2-3(4)5/h7-8,16,21H,2-6,9-15,17,27H2,1H3,(H,28,31);1,3-4,7-8H,2,5-6,9-16H2,(H,24,27);1,3-4,7-8H,2,5-6,9-15H2;4-5,7,11H,2-3,6H2,1H3,(H,16,17)(H,18,19);7H,2-6H2,1H3;1-5H2;2H2,1H3/t;;;11-;;;/m...1.../s1. The Balaban J connectivity index is 0.000000230. The van der Waals surface area contributed by atoms with Crippen LogP contribution < -0.4 is 27.0 Å². The quantitative estimate of drug-likeness (QED) is 0.0356. The maximum Gasteiger partial charge on any atom is 0.471 e. The summed E-state index contributed by atoms with van der Waals surface area (Å²) in [5, 5.41) is 31.3. The van der Waals surface area contributed by atoms with Gasteiger partial charge in [0.25, 0.3) is 0 Å². The van der Waals surface area contributed by atoms with Crippen LogP contribution in [0.2, 0.25) is 20.1 Å². The number of carbonyl (C=O) groups excluding carboxylic acids is 6. The van der Waals surface area contributed by atoms with Gasteiger partial charge in [-0.2, -0.15) is 18.4 Å². The number of nitrogens with one attached hydrogen (secondary N) is 4. The number of nitrogens with zero attached hydrogens (tertiary/aromatic N) is 8. The first-order valence-corrected chi connectivity index (χ1v) is 45.4. The van der Waals surface area contributed by atoms with E-state index in [2.05, 4.69) is 106 Å². The Hall–Kier alpha value is -6.02. The van der Waals surface area contributed by atoms with Crippen LogP contribution >= 0.6 is 58.0 Å². The van der Waals surface area contributed by atoms with Gasteiger partial charge in [-0.25, -0.2) is 4.79 Å². The molecule has 4 heterocycles. The van der Waals surface area contributed by atoms with Crippen molar-refractivity contribution in [2.45, 2.75) is 249 Å². The summed E-state index contributed by atoms with van der Waals surface area (Å²) in [4.78, 5) is 96.3. The molecule has 4 saturated carbocycles. The van der Waals surface area contributed by atoms with Crippen molar-refractivity contribution in [2.75, 3.05) is 124 Å². The fourth-order valence-corrected chi connectivity index (χ4v) is 17.8. The lowest BCUT2D eigenvalue weighted by Gasteiger charge is -2.50. The van der Waals surface area contributed by atoms with Crippen LogP contribution in [0, 0.1) is 11.3 Å². The molecule has 4 aliphatic carbocycles. The van der Waals surface area contributed by atoms with E-state index < -0.39 is 30.1 Å². The molecule has 4 aromatic carbocycles. The van der Waals surface area contributed by atoms with Gasteiger partial charge in [-0.05, 0) is 129 Å². The van der Waals surface area contributed by atoms with Gasteiger partial charge in [0.15, 0.2) is 0 Å². The second kappa shape index (κ2) is 54.6. The van der Waals surface area contributed by atoms with Crippen molar-refractivity contribution in [1.82, 2.24) is 55.6 Å². The molecular weight excluding hydrogens is 1630 g/mol. The second-order valence-corrected chi connectivity index (χ2v) is 34.5. The van der Waals surface area contributed by atoms with Crippen molar-refractivity contribution in [3.63, 3.8) is 0 Å². The molecule has 7 N–H and O–H groups in total. The number of carboxylic acid groups (broad SMARTS) is 1. The summed E-state index contributed by atoms with van der Waals surface area (Å²) in [6.07, 6.45) is 20.2. The average molecular weight is 1760 g/mol. The van der Waals surface area contributed by atoms with E-state index in [1.54, 1.807) is 37.3 Å². The zero-order valence-corrected chi connectivity index (χ0v) is 74.6. The van der Waals surface area contributed by atoms with Crippen LogP contribution in [0.4, 0.5) is 13.2 Å². The van der Waals surface area contributed by atoms with E-state index in [9.17, 15) is 52.0 Å². The van der Waals surface area contributed by atoms with E-state index in [0.29, 0.717) is 83.2 Å². The highest BCUT2D eigenvalue weighted by molar-refractivity contribution is 6.63. The van der Waals surface area contributed by atoms with Crippen molar-refractivity contribution in [1.29, 1.82) is 5.26 Å². The van der Waals surface area contributed by atoms with Crippen LogP contribution in [-0.2, 0) is 59.5 Å².